The summed E-state index contributed by atoms with van der Waals surface area (Å²) in [5.74, 6) is -0.160. The van der Waals surface area contributed by atoms with E-state index in [0.717, 1.165) is 27.1 Å². The fourth-order valence-corrected chi connectivity index (χ4v) is 4.09. The lowest BCUT2D eigenvalue weighted by molar-refractivity contribution is -0.130. The maximum atomic E-state index is 13.1. The average Bonchev–Trinajstić information content (AvgIpc) is 3.48. The molecule has 0 atom stereocenters. The Bertz CT molecular complexity index is 1450. The van der Waals surface area contributed by atoms with Crippen molar-refractivity contribution >= 4 is 34.8 Å². The van der Waals surface area contributed by atoms with Crippen LogP contribution in [0.1, 0.15) is 16.9 Å². The molecular weight excluding hydrogens is 446 g/mol. The van der Waals surface area contributed by atoms with Gasteiger partial charge in [-0.15, -0.1) is 0 Å². The summed E-state index contributed by atoms with van der Waals surface area (Å²) in [5.41, 5.74) is 2.65. The van der Waals surface area contributed by atoms with Crippen molar-refractivity contribution in [3.8, 4) is 5.75 Å². The Morgan fingerprint density at radius 3 is 2.69 bits per heavy atom. The number of rotatable bonds is 7. The number of aromatic nitrogens is 1. The first kappa shape index (κ1) is 22.2. The lowest BCUT2D eigenvalue weighted by atomic mass is 10.1. The second-order valence-electron chi connectivity index (χ2n) is 8.25. The summed E-state index contributed by atoms with van der Waals surface area (Å²) in [7, 11) is 0. The van der Waals surface area contributed by atoms with E-state index in [4.69, 9.17) is 9.15 Å². The molecule has 1 N–H and O–H groups in total. The number of furan rings is 1. The van der Waals surface area contributed by atoms with Gasteiger partial charge in [0.05, 0.1) is 19.4 Å². The van der Waals surface area contributed by atoms with Crippen LogP contribution < -0.4 is 10.1 Å². The number of nitrogens with zero attached hydrogens (tertiary/aromatic N) is 2. The molecule has 4 aromatic rings. The van der Waals surface area contributed by atoms with Crippen LogP contribution in [0.5, 0.6) is 5.75 Å². The summed E-state index contributed by atoms with van der Waals surface area (Å²) in [6, 6.07) is 18.1. The fraction of sp³-hybridized carbons (Fsp3) is 0.148. The van der Waals surface area contributed by atoms with Crippen LogP contribution in [0, 0.1) is 6.92 Å². The summed E-state index contributed by atoms with van der Waals surface area (Å²) >= 11 is 0. The van der Waals surface area contributed by atoms with Crippen molar-refractivity contribution in [2.75, 3.05) is 6.61 Å². The highest BCUT2D eigenvalue weighted by Gasteiger charge is 2.36. The topological polar surface area (TPSA) is 93.8 Å². The van der Waals surface area contributed by atoms with Crippen molar-refractivity contribution < 1.29 is 23.5 Å². The molecule has 0 radical (unpaired) electrons. The van der Waals surface area contributed by atoms with Crippen molar-refractivity contribution in [1.82, 2.24) is 14.8 Å². The summed E-state index contributed by atoms with van der Waals surface area (Å²) in [4.78, 5) is 38.9. The Morgan fingerprint density at radius 2 is 1.89 bits per heavy atom. The highest BCUT2D eigenvalue weighted by Crippen LogP contribution is 2.25. The molecule has 1 saturated heterocycles. The minimum absolute atomic E-state index is 0.0691. The van der Waals surface area contributed by atoms with E-state index in [9.17, 15) is 14.4 Å². The molecule has 1 aliphatic heterocycles. The molecule has 3 heterocycles. The average molecular weight is 469 g/mol. The normalized spacial score (nSPS) is 15.2. The third kappa shape index (κ3) is 4.59. The van der Waals surface area contributed by atoms with Crippen molar-refractivity contribution in [1.29, 1.82) is 0 Å². The molecule has 0 saturated carbocycles. The zero-order valence-corrected chi connectivity index (χ0v) is 19.1. The van der Waals surface area contributed by atoms with Gasteiger partial charge in [-0.3, -0.25) is 19.8 Å². The molecule has 176 valence electrons. The Hall–Kier alpha value is -4.59. The molecule has 0 bridgehead atoms. The standard InChI is InChI=1S/C27H23N3O5/c1-18-6-4-7-20(14-18)35-13-11-29-16-19(22-9-2-3-10-24(22)29)15-23-25(31)28-27(33)30(26(23)32)17-21-8-5-12-34-21/h2-10,12,14-16H,11,13,17H2,1H3,(H,28,31,33)/b23-15-. The second-order valence-corrected chi connectivity index (χ2v) is 8.25. The van der Waals surface area contributed by atoms with Crippen LogP contribution in [-0.4, -0.2) is 33.9 Å². The molecule has 8 nitrogen and oxygen atoms in total. The maximum absolute atomic E-state index is 13.1. The predicted octanol–water partition coefficient (Wildman–Crippen LogP) is 4.28. The van der Waals surface area contributed by atoms with Crippen LogP contribution >= 0.6 is 0 Å². The van der Waals surface area contributed by atoms with Gasteiger partial charge >= 0.3 is 6.03 Å². The fourth-order valence-electron chi connectivity index (χ4n) is 4.09. The third-order valence-electron chi connectivity index (χ3n) is 5.79. The van der Waals surface area contributed by atoms with E-state index in [1.54, 1.807) is 12.1 Å². The molecule has 0 aliphatic carbocycles. The lowest BCUT2D eigenvalue weighted by Gasteiger charge is -2.25. The zero-order chi connectivity index (χ0) is 24.4. The molecule has 5 rings (SSSR count). The smallest absolute Gasteiger partial charge is 0.331 e. The zero-order valence-electron chi connectivity index (χ0n) is 19.1. The molecule has 0 spiro atoms. The summed E-state index contributed by atoms with van der Waals surface area (Å²) in [6.45, 7) is 2.96. The monoisotopic (exact) mass is 469 g/mol. The maximum Gasteiger partial charge on any atom is 0.331 e. The van der Waals surface area contributed by atoms with Gasteiger partial charge in [0.25, 0.3) is 11.8 Å². The predicted molar refractivity (Wildman–Crippen MR) is 129 cm³/mol. The molecule has 2 aromatic carbocycles. The molecule has 0 unspecified atom stereocenters. The van der Waals surface area contributed by atoms with E-state index in [0.29, 0.717) is 24.5 Å². The minimum Gasteiger partial charge on any atom is -0.492 e. The van der Waals surface area contributed by atoms with Crippen LogP contribution in [0.15, 0.2) is 83.1 Å². The Balaban J connectivity index is 1.41. The number of amides is 4. The summed E-state index contributed by atoms with van der Waals surface area (Å²) < 4.78 is 13.2. The van der Waals surface area contributed by atoms with Crippen LogP contribution in [-0.2, 0) is 22.7 Å². The number of para-hydroxylation sites is 1. The number of aryl methyl sites for hydroxylation is 1. The molecule has 4 amide bonds. The van der Waals surface area contributed by atoms with Gasteiger partial charge in [-0.1, -0.05) is 30.3 Å². The first-order chi connectivity index (χ1) is 17.0. The van der Waals surface area contributed by atoms with E-state index >= 15 is 0 Å². The number of ether oxygens (including phenoxy) is 1. The quantitative estimate of drug-likeness (QED) is 0.322. The largest absolute Gasteiger partial charge is 0.492 e. The van der Waals surface area contributed by atoms with Gasteiger partial charge in [0.1, 0.15) is 23.7 Å². The highest BCUT2D eigenvalue weighted by molar-refractivity contribution is 6.31. The number of nitrogens with one attached hydrogen (secondary N) is 1. The minimum atomic E-state index is -0.774. The van der Waals surface area contributed by atoms with Gasteiger partial charge in [0.2, 0.25) is 0 Å². The highest BCUT2D eigenvalue weighted by atomic mass is 16.5. The number of fused-ring (bicyclic) bond motifs is 1. The number of carbonyl (C=O) groups is 3. The van der Waals surface area contributed by atoms with E-state index < -0.39 is 17.8 Å². The van der Waals surface area contributed by atoms with Crippen LogP contribution in [0.25, 0.3) is 17.0 Å². The van der Waals surface area contributed by atoms with Crippen molar-refractivity contribution in [3.05, 3.63) is 95.6 Å². The number of imide groups is 2. The number of hydrogen-bond donors (Lipinski definition) is 1. The number of urea groups is 1. The summed E-state index contributed by atoms with van der Waals surface area (Å²) in [5, 5.41) is 3.13. The van der Waals surface area contributed by atoms with E-state index in [1.165, 1.54) is 12.3 Å². The SMILES string of the molecule is Cc1cccc(OCCn2cc(/C=C3/C(=O)NC(=O)N(Cc4ccco4)C3=O)c3ccccc32)c1. The van der Waals surface area contributed by atoms with Crippen LogP contribution in [0.4, 0.5) is 4.79 Å². The van der Waals surface area contributed by atoms with Gasteiger partial charge in [0.15, 0.2) is 0 Å². The van der Waals surface area contributed by atoms with Gasteiger partial charge in [-0.25, -0.2) is 4.79 Å². The van der Waals surface area contributed by atoms with Gasteiger partial charge in [0, 0.05) is 22.7 Å². The van der Waals surface area contributed by atoms with E-state index in [2.05, 4.69) is 5.32 Å². The van der Waals surface area contributed by atoms with Crippen LogP contribution in [0.3, 0.4) is 0 Å². The molecule has 2 aromatic heterocycles. The lowest BCUT2D eigenvalue weighted by Crippen LogP contribution is -2.53. The molecule has 8 heteroatoms. The van der Waals surface area contributed by atoms with Crippen molar-refractivity contribution in [2.45, 2.75) is 20.0 Å². The Kier molecular flexibility index (Phi) is 5.93. The molecule has 1 aliphatic rings. The van der Waals surface area contributed by atoms with E-state index in [1.807, 2.05) is 66.2 Å². The number of carbonyl (C=O) groups excluding carboxylic acids is 3. The molecular formula is C27H23N3O5. The number of benzene rings is 2. The molecule has 35 heavy (non-hydrogen) atoms. The second kappa shape index (κ2) is 9.34. The van der Waals surface area contributed by atoms with Crippen molar-refractivity contribution in [2.24, 2.45) is 0 Å². The third-order valence-corrected chi connectivity index (χ3v) is 5.79. The van der Waals surface area contributed by atoms with Gasteiger partial charge in [-0.05, 0) is 48.9 Å². The first-order valence-corrected chi connectivity index (χ1v) is 11.2. The number of hydrogen-bond acceptors (Lipinski definition) is 5. The Morgan fingerprint density at radius 1 is 1.03 bits per heavy atom. The van der Waals surface area contributed by atoms with Crippen LogP contribution in [0.2, 0.25) is 0 Å². The van der Waals surface area contributed by atoms with Gasteiger partial charge in [-0.2, -0.15) is 0 Å². The van der Waals surface area contributed by atoms with E-state index in [-0.39, 0.29) is 12.1 Å². The summed E-state index contributed by atoms with van der Waals surface area (Å²) in [6.07, 6.45) is 4.87. The first-order valence-electron chi connectivity index (χ1n) is 11.2. The van der Waals surface area contributed by atoms with Crippen molar-refractivity contribution in [3.63, 3.8) is 0 Å². The van der Waals surface area contributed by atoms with Gasteiger partial charge < -0.3 is 13.7 Å². The molecule has 1 fully saturated rings. The number of barbiturate groups is 1. The Labute approximate surface area is 201 Å².